The van der Waals surface area contributed by atoms with Gasteiger partial charge in [-0.1, -0.05) is 23.7 Å². The van der Waals surface area contributed by atoms with Crippen LogP contribution in [0.25, 0.3) is 0 Å². The molecular weight excluding hydrogens is 314 g/mol. The summed E-state index contributed by atoms with van der Waals surface area (Å²) in [6, 6.07) is 7.56. The van der Waals surface area contributed by atoms with Crippen molar-refractivity contribution in [2.45, 2.75) is 12.8 Å². The molecule has 1 aliphatic rings. The van der Waals surface area contributed by atoms with E-state index < -0.39 is 0 Å². The molecule has 2 amide bonds. The Kier molecular flexibility index (Phi) is 6.42. The topological polar surface area (TPSA) is 52.7 Å². The average molecular weight is 338 g/mol. The number of nitrogens with one attached hydrogen (secondary N) is 1. The zero-order valence-electron chi connectivity index (χ0n) is 13.7. The number of benzene rings is 1. The van der Waals surface area contributed by atoms with Crippen molar-refractivity contribution in [2.24, 2.45) is 5.92 Å². The fourth-order valence-corrected chi connectivity index (χ4v) is 2.96. The first-order valence-corrected chi connectivity index (χ1v) is 8.29. The minimum absolute atomic E-state index is 0.00532. The summed E-state index contributed by atoms with van der Waals surface area (Å²) in [7, 11) is 3.62. The van der Waals surface area contributed by atoms with Gasteiger partial charge in [-0.25, -0.2) is 0 Å². The summed E-state index contributed by atoms with van der Waals surface area (Å²) in [6.07, 6.45) is 1.14. The fraction of sp³-hybridized carbons (Fsp3) is 0.529. The lowest BCUT2D eigenvalue weighted by atomic mass is 10.1. The van der Waals surface area contributed by atoms with Gasteiger partial charge in [-0.2, -0.15) is 0 Å². The van der Waals surface area contributed by atoms with Crippen molar-refractivity contribution >= 4 is 23.4 Å². The SMILES string of the molecule is CNC(=O)[C@@H]1CN(C)CCN(C(=O)CCc2ccc(Cl)cc2)C1. The van der Waals surface area contributed by atoms with E-state index in [9.17, 15) is 9.59 Å². The molecule has 0 bridgehead atoms. The van der Waals surface area contributed by atoms with E-state index in [-0.39, 0.29) is 17.7 Å². The number of hydrogen-bond acceptors (Lipinski definition) is 3. The van der Waals surface area contributed by atoms with Crippen LogP contribution in [0.15, 0.2) is 24.3 Å². The van der Waals surface area contributed by atoms with Gasteiger partial charge in [0.25, 0.3) is 0 Å². The molecule has 5 nitrogen and oxygen atoms in total. The minimum Gasteiger partial charge on any atom is -0.359 e. The summed E-state index contributed by atoms with van der Waals surface area (Å²) in [5.74, 6) is -0.0783. The third-order valence-electron chi connectivity index (χ3n) is 4.24. The molecule has 1 aliphatic heterocycles. The fourth-order valence-electron chi connectivity index (χ4n) is 2.83. The van der Waals surface area contributed by atoms with Gasteiger partial charge in [0, 0.05) is 44.7 Å². The Morgan fingerprint density at radius 2 is 1.91 bits per heavy atom. The van der Waals surface area contributed by atoms with E-state index in [2.05, 4.69) is 10.2 Å². The molecule has 1 heterocycles. The quantitative estimate of drug-likeness (QED) is 0.903. The number of aryl methyl sites for hydroxylation is 1. The molecule has 0 radical (unpaired) electrons. The molecule has 0 aromatic heterocycles. The van der Waals surface area contributed by atoms with Crippen LogP contribution in [0, 0.1) is 5.92 Å². The van der Waals surface area contributed by atoms with Crippen LogP contribution in [-0.4, -0.2) is 61.9 Å². The van der Waals surface area contributed by atoms with Gasteiger partial charge < -0.3 is 15.1 Å². The van der Waals surface area contributed by atoms with E-state index in [1.165, 1.54) is 0 Å². The van der Waals surface area contributed by atoms with Crippen LogP contribution in [-0.2, 0) is 16.0 Å². The van der Waals surface area contributed by atoms with Crippen molar-refractivity contribution in [3.8, 4) is 0 Å². The maximum atomic E-state index is 12.5. The summed E-state index contributed by atoms with van der Waals surface area (Å²) >= 11 is 5.87. The van der Waals surface area contributed by atoms with Gasteiger partial charge in [-0.05, 0) is 31.2 Å². The second-order valence-electron chi connectivity index (χ2n) is 6.04. The summed E-state index contributed by atoms with van der Waals surface area (Å²) < 4.78 is 0. The highest BCUT2D eigenvalue weighted by Crippen LogP contribution is 2.14. The van der Waals surface area contributed by atoms with Crippen molar-refractivity contribution in [2.75, 3.05) is 40.3 Å². The van der Waals surface area contributed by atoms with Crippen LogP contribution in [0.5, 0.6) is 0 Å². The van der Waals surface area contributed by atoms with Crippen LogP contribution in [0.2, 0.25) is 5.02 Å². The Bertz CT molecular complexity index is 547. The van der Waals surface area contributed by atoms with Gasteiger partial charge >= 0.3 is 0 Å². The number of hydrogen-bond donors (Lipinski definition) is 1. The van der Waals surface area contributed by atoms with Gasteiger partial charge in [0.15, 0.2) is 0 Å². The second kappa shape index (κ2) is 8.31. The molecular formula is C17H24ClN3O2. The van der Waals surface area contributed by atoms with Crippen molar-refractivity contribution in [1.82, 2.24) is 15.1 Å². The van der Waals surface area contributed by atoms with E-state index in [0.29, 0.717) is 37.5 Å². The zero-order valence-corrected chi connectivity index (χ0v) is 14.5. The van der Waals surface area contributed by atoms with Crippen molar-refractivity contribution < 1.29 is 9.59 Å². The van der Waals surface area contributed by atoms with E-state index in [0.717, 1.165) is 12.1 Å². The van der Waals surface area contributed by atoms with Crippen LogP contribution in [0.3, 0.4) is 0 Å². The third-order valence-corrected chi connectivity index (χ3v) is 4.49. The zero-order chi connectivity index (χ0) is 16.8. The Labute approximate surface area is 142 Å². The lowest BCUT2D eigenvalue weighted by Crippen LogP contribution is -2.41. The summed E-state index contributed by atoms with van der Waals surface area (Å²) in [5, 5.41) is 3.39. The largest absolute Gasteiger partial charge is 0.359 e. The monoisotopic (exact) mass is 337 g/mol. The smallest absolute Gasteiger partial charge is 0.225 e. The van der Waals surface area contributed by atoms with Gasteiger partial charge in [0.05, 0.1) is 5.92 Å². The highest BCUT2D eigenvalue weighted by Gasteiger charge is 2.28. The van der Waals surface area contributed by atoms with E-state index >= 15 is 0 Å². The molecule has 1 atom stereocenters. The normalized spacial score (nSPS) is 19.3. The first kappa shape index (κ1) is 17.8. The van der Waals surface area contributed by atoms with Gasteiger partial charge in [0.2, 0.25) is 11.8 Å². The van der Waals surface area contributed by atoms with Crippen LogP contribution in [0.4, 0.5) is 0 Å². The van der Waals surface area contributed by atoms with Gasteiger partial charge in [-0.3, -0.25) is 9.59 Å². The Morgan fingerprint density at radius 3 is 2.57 bits per heavy atom. The molecule has 1 aromatic rings. The molecule has 0 unspecified atom stereocenters. The number of halogens is 1. The Morgan fingerprint density at radius 1 is 1.22 bits per heavy atom. The predicted octanol–water partition coefficient (Wildman–Crippen LogP) is 1.41. The highest BCUT2D eigenvalue weighted by molar-refractivity contribution is 6.30. The van der Waals surface area contributed by atoms with Crippen LogP contribution < -0.4 is 5.32 Å². The first-order valence-electron chi connectivity index (χ1n) is 7.92. The van der Waals surface area contributed by atoms with Crippen LogP contribution in [0.1, 0.15) is 12.0 Å². The molecule has 2 rings (SSSR count). The number of likely N-dealkylation sites (N-methyl/N-ethyl adjacent to an activating group) is 1. The molecule has 1 aromatic carbocycles. The molecule has 126 valence electrons. The maximum Gasteiger partial charge on any atom is 0.225 e. The van der Waals surface area contributed by atoms with E-state index in [1.807, 2.05) is 36.2 Å². The number of carbonyl (C=O) groups excluding carboxylic acids is 2. The van der Waals surface area contributed by atoms with Crippen molar-refractivity contribution in [1.29, 1.82) is 0 Å². The average Bonchev–Trinajstić information content (AvgIpc) is 2.75. The van der Waals surface area contributed by atoms with Crippen molar-refractivity contribution in [3.63, 3.8) is 0 Å². The number of carbonyl (C=O) groups is 2. The standard InChI is InChI=1S/C17H24ClN3O2/c1-19-17(23)14-11-20(2)9-10-21(12-14)16(22)8-5-13-3-6-15(18)7-4-13/h3-4,6-7,14H,5,8-12H2,1-2H3,(H,19,23)/t14-/m1/s1. The molecule has 0 aliphatic carbocycles. The number of amides is 2. The lowest BCUT2D eigenvalue weighted by Gasteiger charge is -2.23. The molecule has 23 heavy (non-hydrogen) atoms. The molecule has 6 heteroatoms. The van der Waals surface area contributed by atoms with Gasteiger partial charge in [0.1, 0.15) is 0 Å². The van der Waals surface area contributed by atoms with E-state index in [4.69, 9.17) is 11.6 Å². The minimum atomic E-state index is -0.174. The Balaban J connectivity index is 1.94. The summed E-state index contributed by atoms with van der Waals surface area (Å²) in [5.41, 5.74) is 1.09. The maximum absolute atomic E-state index is 12.5. The predicted molar refractivity (Wildman–Crippen MR) is 91.4 cm³/mol. The molecule has 1 fully saturated rings. The van der Waals surface area contributed by atoms with E-state index in [1.54, 1.807) is 7.05 Å². The van der Waals surface area contributed by atoms with Crippen molar-refractivity contribution in [3.05, 3.63) is 34.9 Å². The lowest BCUT2D eigenvalue weighted by molar-refractivity contribution is -0.132. The number of nitrogens with zero attached hydrogens (tertiary/aromatic N) is 2. The molecule has 1 saturated heterocycles. The number of rotatable bonds is 4. The van der Waals surface area contributed by atoms with Crippen LogP contribution >= 0.6 is 11.6 Å². The third kappa shape index (κ3) is 5.22. The molecule has 0 spiro atoms. The van der Waals surface area contributed by atoms with Gasteiger partial charge in [-0.15, -0.1) is 0 Å². The molecule has 0 saturated carbocycles. The summed E-state index contributed by atoms with van der Waals surface area (Å²) in [6.45, 7) is 2.63. The Hall–Kier alpha value is -1.59. The molecule has 1 N–H and O–H groups in total. The highest BCUT2D eigenvalue weighted by atomic mass is 35.5. The first-order chi connectivity index (χ1) is 11.0. The second-order valence-corrected chi connectivity index (χ2v) is 6.48. The summed E-state index contributed by atoms with van der Waals surface area (Å²) in [4.78, 5) is 28.4.